The van der Waals surface area contributed by atoms with E-state index in [-0.39, 0.29) is 0 Å². The minimum Gasteiger partial charge on any atom is -0.480 e. The fraction of sp³-hybridized carbons (Fsp3) is 0.533. The molecule has 0 aliphatic carbocycles. The fourth-order valence-corrected chi connectivity index (χ4v) is 1.86. The lowest BCUT2D eigenvalue weighted by atomic mass is 10.1. The van der Waals surface area contributed by atoms with E-state index >= 15 is 0 Å². The van der Waals surface area contributed by atoms with Crippen LogP contribution >= 0.6 is 0 Å². The zero-order valence-electron chi connectivity index (χ0n) is 11.8. The molecule has 0 aliphatic heterocycles. The monoisotopic (exact) mass is 264 g/mol. The quantitative estimate of drug-likeness (QED) is 0.747. The van der Waals surface area contributed by atoms with Gasteiger partial charge in [0.2, 0.25) is 0 Å². The lowest BCUT2D eigenvalue weighted by molar-refractivity contribution is -0.138. The predicted molar refractivity (Wildman–Crippen MR) is 77.2 cm³/mol. The average Bonchev–Trinajstić information content (AvgIpc) is 2.42. The highest BCUT2D eigenvalue weighted by molar-refractivity contribution is 5.72. The van der Waals surface area contributed by atoms with Gasteiger partial charge >= 0.3 is 5.97 Å². The first-order chi connectivity index (χ1) is 9.02. The summed E-state index contributed by atoms with van der Waals surface area (Å²) >= 11 is 0. The van der Waals surface area contributed by atoms with Crippen LogP contribution in [0.25, 0.3) is 0 Å². The van der Waals surface area contributed by atoms with Gasteiger partial charge in [0.05, 0.1) is 0 Å². The molecule has 0 radical (unpaired) electrons. The van der Waals surface area contributed by atoms with Gasteiger partial charge in [-0.2, -0.15) is 0 Å². The van der Waals surface area contributed by atoms with Gasteiger partial charge in [0.15, 0.2) is 0 Å². The normalized spacial score (nSPS) is 12.6. The first-order valence-corrected chi connectivity index (χ1v) is 6.77. The molecule has 1 aromatic carbocycles. The van der Waals surface area contributed by atoms with E-state index in [9.17, 15) is 4.79 Å². The SMILES string of the molecule is CCc1ccc(CCN(C)CCC(N)C(=O)O)cc1. The summed E-state index contributed by atoms with van der Waals surface area (Å²) in [6.45, 7) is 3.77. The van der Waals surface area contributed by atoms with Crippen LogP contribution in [0.5, 0.6) is 0 Å². The van der Waals surface area contributed by atoms with Crippen molar-refractivity contribution >= 4 is 5.97 Å². The molecule has 1 atom stereocenters. The Balaban J connectivity index is 2.29. The van der Waals surface area contributed by atoms with Crippen LogP contribution in [0.15, 0.2) is 24.3 Å². The van der Waals surface area contributed by atoms with Crippen LogP contribution in [0.4, 0.5) is 0 Å². The lowest BCUT2D eigenvalue weighted by Gasteiger charge is -2.17. The lowest BCUT2D eigenvalue weighted by Crippen LogP contribution is -2.34. The fourth-order valence-electron chi connectivity index (χ4n) is 1.86. The number of hydrogen-bond acceptors (Lipinski definition) is 3. The zero-order chi connectivity index (χ0) is 14.3. The third-order valence-corrected chi connectivity index (χ3v) is 3.35. The number of likely N-dealkylation sites (N-methyl/N-ethyl adjacent to an activating group) is 1. The van der Waals surface area contributed by atoms with E-state index in [2.05, 4.69) is 36.1 Å². The van der Waals surface area contributed by atoms with Crippen molar-refractivity contribution in [1.29, 1.82) is 0 Å². The molecular weight excluding hydrogens is 240 g/mol. The molecule has 1 unspecified atom stereocenters. The van der Waals surface area contributed by atoms with Crippen molar-refractivity contribution in [2.24, 2.45) is 5.73 Å². The number of hydrogen-bond donors (Lipinski definition) is 2. The van der Waals surface area contributed by atoms with Crippen molar-refractivity contribution in [1.82, 2.24) is 4.90 Å². The highest BCUT2D eigenvalue weighted by Gasteiger charge is 2.11. The highest BCUT2D eigenvalue weighted by atomic mass is 16.4. The summed E-state index contributed by atoms with van der Waals surface area (Å²) in [5.41, 5.74) is 8.14. The summed E-state index contributed by atoms with van der Waals surface area (Å²) in [5.74, 6) is -0.927. The van der Waals surface area contributed by atoms with Gasteiger partial charge in [-0.15, -0.1) is 0 Å². The second kappa shape index (κ2) is 7.92. The van der Waals surface area contributed by atoms with Gasteiger partial charge in [0, 0.05) is 6.54 Å². The molecule has 1 rings (SSSR count). The van der Waals surface area contributed by atoms with Crippen molar-refractivity contribution in [2.75, 3.05) is 20.1 Å². The third-order valence-electron chi connectivity index (χ3n) is 3.35. The van der Waals surface area contributed by atoms with E-state index in [0.29, 0.717) is 13.0 Å². The smallest absolute Gasteiger partial charge is 0.320 e. The maximum Gasteiger partial charge on any atom is 0.320 e. The number of carboxylic acids is 1. The molecule has 0 bridgehead atoms. The molecule has 1 aromatic rings. The molecule has 19 heavy (non-hydrogen) atoms. The number of rotatable bonds is 8. The predicted octanol–water partition coefficient (Wildman–Crippen LogP) is 1.53. The van der Waals surface area contributed by atoms with Crippen LogP contribution < -0.4 is 5.73 Å². The number of carboxylic acid groups (broad SMARTS) is 1. The minimum atomic E-state index is -0.927. The molecule has 0 spiro atoms. The van der Waals surface area contributed by atoms with E-state index in [1.807, 2.05) is 7.05 Å². The number of nitrogens with two attached hydrogens (primary N) is 1. The van der Waals surface area contributed by atoms with E-state index in [1.165, 1.54) is 11.1 Å². The first kappa shape index (κ1) is 15.7. The Bertz CT molecular complexity index is 390. The molecule has 0 saturated heterocycles. The molecular formula is C15H24N2O2. The summed E-state index contributed by atoms with van der Waals surface area (Å²) < 4.78 is 0. The Morgan fingerprint density at radius 1 is 1.26 bits per heavy atom. The number of benzene rings is 1. The Morgan fingerprint density at radius 3 is 2.37 bits per heavy atom. The van der Waals surface area contributed by atoms with Gasteiger partial charge in [0.25, 0.3) is 0 Å². The van der Waals surface area contributed by atoms with Gasteiger partial charge < -0.3 is 15.7 Å². The summed E-state index contributed by atoms with van der Waals surface area (Å²) in [7, 11) is 2.00. The van der Waals surface area contributed by atoms with Gasteiger partial charge in [0.1, 0.15) is 6.04 Å². The Hall–Kier alpha value is -1.39. The van der Waals surface area contributed by atoms with Gasteiger partial charge in [-0.05, 0) is 44.0 Å². The van der Waals surface area contributed by atoms with Crippen molar-refractivity contribution < 1.29 is 9.90 Å². The van der Waals surface area contributed by atoms with Crippen LogP contribution in [-0.4, -0.2) is 42.2 Å². The van der Waals surface area contributed by atoms with Crippen molar-refractivity contribution in [2.45, 2.75) is 32.2 Å². The Labute approximate surface area is 115 Å². The topological polar surface area (TPSA) is 66.6 Å². The van der Waals surface area contributed by atoms with Crippen LogP contribution in [0.2, 0.25) is 0 Å². The second-order valence-electron chi connectivity index (χ2n) is 4.96. The Kier molecular flexibility index (Phi) is 6.53. The van der Waals surface area contributed by atoms with Crippen LogP contribution in [0.3, 0.4) is 0 Å². The molecule has 3 N–H and O–H groups in total. The maximum atomic E-state index is 10.6. The summed E-state index contributed by atoms with van der Waals surface area (Å²) in [4.78, 5) is 12.7. The van der Waals surface area contributed by atoms with Crippen LogP contribution in [-0.2, 0) is 17.6 Å². The second-order valence-corrected chi connectivity index (χ2v) is 4.96. The van der Waals surface area contributed by atoms with E-state index < -0.39 is 12.0 Å². The van der Waals surface area contributed by atoms with Crippen molar-refractivity contribution in [3.8, 4) is 0 Å². The van der Waals surface area contributed by atoms with E-state index in [4.69, 9.17) is 10.8 Å². The first-order valence-electron chi connectivity index (χ1n) is 6.77. The average molecular weight is 264 g/mol. The number of carbonyl (C=O) groups is 1. The molecule has 0 aliphatic rings. The highest BCUT2D eigenvalue weighted by Crippen LogP contribution is 2.06. The van der Waals surface area contributed by atoms with Crippen molar-refractivity contribution in [3.05, 3.63) is 35.4 Å². The minimum absolute atomic E-state index is 0.487. The van der Waals surface area contributed by atoms with Gasteiger partial charge in [-0.25, -0.2) is 0 Å². The summed E-state index contributed by atoms with van der Waals surface area (Å²) in [5, 5.41) is 8.71. The van der Waals surface area contributed by atoms with E-state index in [0.717, 1.165) is 19.4 Å². The van der Waals surface area contributed by atoms with Crippen molar-refractivity contribution in [3.63, 3.8) is 0 Å². The molecule has 0 saturated carbocycles. The van der Waals surface area contributed by atoms with E-state index in [1.54, 1.807) is 0 Å². The van der Waals surface area contributed by atoms with Gasteiger partial charge in [-0.3, -0.25) is 4.79 Å². The molecule has 0 heterocycles. The standard InChI is InChI=1S/C15H24N2O2/c1-3-12-4-6-13(7-5-12)8-10-17(2)11-9-14(16)15(18)19/h4-7,14H,3,8-11,16H2,1-2H3,(H,18,19). The zero-order valence-corrected chi connectivity index (χ0v) is 11.8. The number of aliphatic carboxylic acids is 1. The van der Waals surface area contributed by atoms with Gasteiger partial charge in [-0.1, -0.05) is 31.2 Å². The Morgan fingerprint density at radius 2 is 1.84 bits per heavy atom. The molecule has 0 aromatic heterocycles. The molecule has 4 heteroatoms. The number of nitrogens with zero attached hydrogens (tertiary/aromatic N) is 1. The molecule has 4 nitrogen and oxygen atoms in total. The molecule has 0 fully saturated rings. The van der Waals surface area contributed by atoms with Crippen LogP contribution in [0.1, 0.15) is 24.5 Å². The largest absolute Gasteiger partial charge is 0.480 e. The molecule has 0 amide bonds. The molecule has 106 valence electrons. The summed E-state index contributed by atoms with van der Waals surface area (Å²) in [6, 6.07) is 7.89. The summed E-state index contributed by atoms with van der Waals surface area (Å²) in [6.07, 6.45) is 2.52. The van der Waals surface area contributed by atoms with Crippen LogP contribution in [0, 0.1) is 0 Å². The third kappa shape index (κ3) is 5.85. The number of aryl methyl sites for hydroxylation is 1. The maximum absolute atomic E-state index is 10.6.